The molecule has 2 aromatic rings. The van der Waals surface area contributed by atoms with Crippen LogP contribution in [0.2, 0.25) is 0 Å². The molecule has 0 amide bonds. The molecular formula is C18H21NO9. The molecule has 3 rings (SSSR count). The Hall–Kier alpha value is -2.50. The van der Waals surface area contributed by atoms with Gasteiger partial charge in [0.2, 0.25) is 6.29 Å². The summed E-state index contributed by atoms with van der Waals surface area (Å²) in [4.78, 5) is 23.1. The predicted molar refractivity (Wildman–Crippen MR) is 96.6 cm³/mol. The minimum absolute atomic E-state index is 0.00542. The molecule has 2 aromatic carbocycles. The number of rotatable bonds is 7. The second-order valence-corrected chi connectivity index (χ2v) is 6.26. The lowest BCUT2D eigenvalue weighted by molar-refractivity contribution is -0.277. The van der Waals surface area contributed by atoms with Gasteiger partial charge in [-0.25, -0.2) is 0 Å². The van der Waals surface area contributed by atoms with Crippen molar-refractivity contribution in [2.45, 2.75) is 37.6 Å². The van der Waals surface area contributed by atoms with Crippen LogP contribution in [0.3, 0.4) is 0 Å². The van der Waals surface area contributed by atoms with Gasteiger partial charge in [0.1, 0.15) is 35.9 Å². The smallest absolute Gasteiger partial charge is 0.272 e. The van der Waals surface area contributed by atoms with Gasteiger partial charge < -0.3 is 40.0 Å². The molecule has 1 fully saturated rings. The molecule has 5 N–H and O–H groups in total. The second kappa shape index (κ2) is 8.25. The van der Waals surface area contributed by atoms with Crippen LogP contribution in [0.5, 0.6) is 11.5 Å². The first kappa shape index (κ1) is 20.2. The van der Waals surface area contributed by atoms with Gasteiger partial charge in [0, 0.05) is 5.69 Å². The van der Waals surface area contributed by atoms with Crippen LogP contribution in [-0.4, -0.2) is 64.3 Å². The molecule has 0 saturated carbocycles. The maximum Gasteiger partial charge on any atom is 0.272 e. The summed E-state index contributed by atoms with van der Waals surface area (Å²) >= 11 is 0. The van der Waals surface area contributed by atoms with E-state index in [4.69, 9.17) is 14.2 Å². The first-order valence-corrected chi connectivity index (χ1v) is 8.67. The molecule has 152 valence electrons. The summed E-state index contributed by atoms with van der Waals surface area (Å²) in [6.07, 6.45) is -6.90. The highest BCUT2D eigenvalue weighted by atomic mass is 16.7. The molecule has 1 aliphatic heterocycles. The van der Waals surface area contributed by atoms with E-state index in [2.05, 4.69) is 5.32 Å². The Kier molecular flexibility index (Phi) is 5.96. The number of benzene rings is 1. The quantitative estimate of drug-likeness (QED) is 0.354. The van der Waals surface area contributed by atoms with E-state index < -0.39 is 48.2 Å². The third kappa shape index (κ3) is 3.73. The van der Waals surface area contributed by atoms with Crippen molar-refractivity contribution in [2.24, 2.45) is 0 Å². The Morgan fingerprint density at radius 2 is 1.71 bits per heavy atom. The molecule has 0 bridgehead atoms. The Bertz CT molecular complexity index is 872. The van der Waals surface area contributed by atoms with E-state index >= 15 is 0 Å². The molecule has 10 nitrogen and oxygen atoms in total. The summed E-state index contributed by atoms with van der Waals surface area (Å²) in [7, 11) is 0. The first-order chi connectivity index (χ1) is 13.4. The largest absolute Gasteiger partial charge is 0.488 e. The zero-order valence-electron chi connectivity index (χ0n) is 14.9. The highest BCUT2D eigenvalue weighted by molar-refractivity contribution is 5.70. The Morgan fingerprint density at radius 1 is 1.04 bits per heavy atom. The van der Waals surface area contributed by atoms with Crippen LogP contribution >= 0.6 is 0 Å². The normalized spacial score (nSPS) is 27.5. The number of hydrogen-bond donors (Lipinski definition) is 5. The number of aliphatic hydroxyl groups is 4. The van der Waals surface area contributed by atoms with Crippen LogP contribution in [0.4, 0.5) is 11.4 Å². The van der Waals surface area contributed by atoms with Crippen molar-refractivity contribution >= 4 is 11.4 Å². The third-order valence-electron chi connectivity index (χ3n) is 4.38. The van der Waals surface area contributed by atoms with Crippen molar-refractivity contribution in [2.75, 3.05) is 18.5 Å². The molecule has 3 unspecified atom stereocenters. The third-order valence-corrected chi connectivity index (χ3v) is 4.38. The highest BCUT2D eigenvalue weighted by Crippen LogP contribution is 2.27. The van der Waals surface area contributed by atoms with E-state index in [0.717, 1.165) is 0 Å². The van der Waals surface area contributed by atoms with E-state index in [1.54, 1.807) is 19.1 Å². The minimum atomic E-state index is -1.54. The summed E-state index contributed by atoms with van der Waals surface area (Å²) in [5, 5.41) is 41.5. The zero-order chi connectivity index (χ0) is 20.4. The molecule has 5 atom stereocenters. The van der Waals surface area contributed by atoms with Crippen molar-refractivity contribution in [1.82, 2.24) is 0 Å². The van der Waals surface area contributed by atoms with Crippen molar-refractivity contribution in [3.63, 3.8) is 0 Å². The van der Waals surface area contributed by atoms with Crippen molar-refractivity contribution < 1.29 is 34.6 Å². The van der Waals surface area contributed by atoms with Crippen LogP contribution in [0.25, 0.3) is 0 Å². The fourth-order valence-corrected chi connectivity index (χ4v) is 2.83. The van der Waals surface area contributed by atoms with Crippen LogP contribution in [0.1, 0.15) is 6.92 Å². The van der Waals surface area contributed by atoms with Gasteiger partial charge in [0.25, 0.3) is 10.9 Å². The Labute approximate surface area is 159 Å². The molecule has 1 saturated heterocycles. The molecule has 28 heavy (non-hydrogen) atoms. The number of anilines is 2. The molecule has 0 aromatic heterocycles. The molecule has 0 aliphatic carbocycles. The maximum absolute atomic E-state index is 11.6. The lowest BCUT2D eigenvalue weighted by Gasteiger charge is -2.39. The van der Waals surface area contributed by atoms with Gasteiger partial charge in [-0.1, -0.05) is 0 Å². The second-order valence-electron chi connectivity index (χ2n) is 6.26. The van der Waals surface area contributed by atoms with Gasteiger partial charge in [-0.3, -0.25) is 9.59 Å². The lowest BCUT2D eigenvalue weighted by Crippen LogP contribution is -2.60. The van der Waals surface area contributed by atoms with Crippen LogP contribution in [0, 0.1) is 0 Å². The van der Waals surface area contributed by atoms with Crippen molar-refractivity contribution in [3.05, 3.63) is 44.7 Å². The van der Waals surface area contributed by atoms with Crippen LogP contribution < -0.4 is 25.6 Å². The first-order valence-electron chi connectivity index (χ1n) is 8.67. The van der Waals surface area contributed by atoms with E-state index in [-0.39, 0.29) is 23.8 Å². The monoisotopic (exact) mass is 395 g/mol. The van der Waals surface area contributed by atoms with E-state index in [1.165, 1.54) is 12.1 Å². The standard InChI is InChI=1S/C18H21NO9/c1-2-26-17-11(13(22)15(17)24)19-8-3-5-9(6-4-8)27-18-16(25)14(23)12(21)10(7-20)28-18/h3-6,10,12,14,16,18-21,23,25H,2,7H2,1H3/t10?,12?,14-,16?,18+/m0/s1. The zero-order valence-corrected chi connectivity index (χ0v) is 14.9. The van der Waals surface area contributed by atoms with Gasteiger partial charge in [-0.15, -0.1) is 0 Å². The Morgan fingerprint density at radius 3 is 2.32 bits per heavy atom. The Balaban J connectivity index is 1.67. The van der Waals surface area contributed by atoms with Gasteiger partial charge in [0.05, 0.1) is 13.2 Å². The van der Waals surface area contributed by atoms with Crippen LogP contribution in [-0.2, 0) is 4.74 Å². The average Bonchev–Trinajstić information content (AvgIpc) is 2.71. The van der Waals surface area contributed by atoms with E-state index in [9.17, 15) is 30.0 Å². The number of aliphatic hydroxyl groups excluding tert-OH is 4. The summed E-state index contributed by atoms with van der Waals surface area (Å²) in [5.41, 5.74) is -0.763. The fraction of sp³-hybridized carbons (Fsp3) is 0.444. The van der Waals surface area contributed by atoms with Gasteiger partial charge in [0.15, 0.2) is 5.75 Å². The van der Waals surface area contributed by atoms with E-state index in [1.807, 2.05) is 0 Å². The number of nitrogens with one attached hydrogen (secondary N) is 1. The molecular weight excluding hydrogens is 374 g/mol. The number of ether oxygens (including phenoxy) is 3. The molecule has 0 radical (unpaired) electrons. The number of hydrogen-bond acceptors (Lipinski definition) is 10. The molecule has 1 heterocycles. The topological polar surface area (TPSA) is 155 Å². The van der Waals surface area contributed by atoms with Crippen molar-refractivity contribution in [3.8, 4) is 11.5 Å². The SMILES string of the molecule is CCOc1c(Nc2ccc(O[C@@H]3OC(CO)C(O)[C@H](O)C3O)cc2)c(=O)c1=O. The molecule has 10 heteroatoms. The van der Waals surface area contributed by atoms with Gasteiger partial charge >= 0.3 is 0 Å². The lowest BCUT2D eigenvalue weighted by atomic mass is 9.99. The maximum atomic E-state index is 11.6. The van der Waals surface area contributed by atoms with Crippen LogP contribution in [0.15, 0.2) is 33.9 Å². The predicted octanol–water partition coefficient (Wildman–Crippen LogP) is -1.40. The summed E-state index contributed by atoms with van der Waals surface area (Å²) in [5.74, 6) is 0.263. The average molecular weight is 395 g/mol. The highest BCUT2D eigenvalue weighted by Gasteiger charge is 2.44. The van der Waals surface area contributed by atoms with E-state index in [0.29, 0.717) is 5.69 Å². The summed E-state index contributed by atoms with van der Waals surface area (Å²) in [6.45, 7) is 1.40. The van der Waals surface area contributed by atoms with Gasteiger partial charge in [-0.2, -0.15) is 0 Å². The van der Waals surface area contributed by atoms with Gasteiger partial charge in [-0.05, 0) is 31.2 Å². The molecule has 1 aliphatic rings. The molecule has 0 spiro atoms. The fourth-order valence-electron chi connectivity index (χ4n) is 2.83. The summed E-state index contributed by atoms with van der Waals surface area (Å²) in [6, 6.07) is 6.14. The summed E-state index contributed by atoms with van der Waals surface area (Å²) < 4.78 is 15.9. The van der Waals surface area contributed by atoms with Crippen molar-refractivity contribution in [1.29, 1.82) is 0 Å². The minimum Gasteiger partial charge on any atom is -0.488 e.